The van der Waals surface area contributed by atoms with E-state index in [1.54, 1.807) is 25.7 Å². The second kappa shape index (κ2) is 7.96. The van der Waals surface area contributed by atoms with Gasteiger partial charge in [0.2, 0.25) is 0 Å². The molecule has 4 fully saturated rings. The quantitative estimate of drug-likeness (QED) is 0.427. The van der Waals surface area contributed by atoms with E-state index in [4.69, 9.17) is 0 Å². The standard InChI is InChI=1S/C28H46/c1-6-20(2)10-9-11-21(3)24-15-16-25-23-14-13-22-12-7-8-18-27(22,4)26(23)17-19-28(24,25)5/h6,9-10,21-26H,7-8,11-19H2,1-5H3/t21-,22?,23+,24-,25+,26+,27+,28-/m1/s1. The van der Waals surface area contributed by atoms with Crippen molar-refractivity contribution in [1.82, 2.24) is 0 Å². The van der Waals surface area contributed by atoms with Crippen LogP contribution < -0.4 is 0 Å². The van der Waals surface area contributed by atoms with Crippen molar-refractivity contribution < 1.29 is 0 Å². The molecule has 0 aromatic heterocycles. The van der Waals surface area contributed by atoms with Gasteiger partial charge in [0.1, 0.15) is 0 Å². The Bertz CT molecular complexity index is 612. The van der Waals surface area contributed by atoms with Gasteiger partial charge < -0.3 is 0 Å². The molecule has 8 atom stereocenters. The van der Waals surface area contributed by atoms with Gasteiger partial charge in [0.25, 0.3) is 0 Å². The maximum absolute atomic E-state index is 2.72. The molecule has 0 heterocycles. The summed E-state index contributed by atoms with van der Waals surface area (Å²) >= 11 is 0. The molecule has 1 unspecified atom stereocenters. The Morgan fingerprint density at radius 3 is 2.50 bits per heavy atom. The van der Waals surface area contributed by atoms with Crippen LogP contribution in [-0.4, -0.2) is 0 Å². The van der Waals surface area contributed by atoms with Crippen LogP contribution in [0.2, 0.25) is 0 Å². The molecule has 0 saturated heterocycles. The molecule has 0 aromatic rings. The minimum absolute atomic E-state index is 0.627. The molecular weight excluding hydrogens is 336 g/mol. The predicted molar refractivity (Wildman–Crippen MR) is 122 cm³/mol. The molecule has 0 aromatic carbocycles. The van der Waals surface area contributed by atoms with Gasteiger partial charge in [-0.05, 0) is 118 Å². The summed E-state index contributed by atoms with van der Waals surface area (Å²) in [5.74, 6) is 5.98. The van der Waals surface area contributed by atoms with Crippen LogP contribution in [-0.2, 0) is 0 Å². The molecule has 0 N–H and O–H groups in total. The summed E-state index contributed by atoms with van der Waals surface area (Å²) in [6, 6.07) is 0. The largest absolute Gasteiger partial charge is 0.0847 e. The van der Waals surface area contributed by atoms with Crippen LogP contribution in [0, 0.1) is 46.3 Å². The molecule has 4 saturated carbocycles. The fraction of sp³-hybridized carbons (Fsp3) is 0.857. The lowest BCUT2D eigenvalue weighted by Gasteiger charge is -2.61. The molecule has 4 aliphatic rings. The lowest BCUT2D eigenvalue weighted by atomic mass is 9.44. The third-order valence-electron chi connectivity index (χ3n) is 10.7. The highest BCUT2D eigenvalue weighted by Gasteiger charge is 2.59. The summed E-state index contributed by atoms with van der Waals surface area (Å²) < 4.78 is 0. The summed E-state index contributed by atoms with van der Waals surface area (Å²) in [4.78, 5) is 0. The number of rotatable bonds is 4. The van der Waals surface area contributed by atoms with Crippen molar-refractivity contribution >= 4 is 0 Å². The Balaban J connectivity index is 1.48. The van der Waals surface area contributed by atoms with Crippen LogP contribution in [0.5, 0.6) is 0 Å². The highest BCUT2D eigenvalue weighted by molar-refractivity contribution is 5.15. The molecule has 4 aliphatic carbocycles. The van der Waals surface area contributed by atoms with Gasteiger partial charge in [-0.3, -0.25) is 0 Å². The topological polar surface area (TPSA) is 0 Å². The van der Waals surface area contributed by atoms with Crippen molar-refractivity contribution in [2.75, 3.05) is 0 Å². The fourth-order valence-electron chi connectivity index (χ4n) is 9.00. The van der Waals surface area contributed by atoms with Crippen LogP contribution in [0.3, 0.4) is 0 Å². The number of fused-ring (bicyclic) bond motifs is 5. The third-order valence-corrected chi connectivity index (χ3v) is 10.7. The first-order valence-electron chi connectivity index (χ1n) is 12.7. The fourth-order valence-corrected chi connectivity index (χ4v) is 9.00. The van der Waals surface area contributed by atoms with Gasteiger partial charge in [-0.25, -0.2) is 0 Å². The van der Waals surface area contributed by atoms with Crippen LogP contribution in [0.1, 0.15) is 105 Å². The van der Waals surface area contributed by atoms with Gasteiger partial charge in [-0.1, -0.05) is 57.4 Å². The highest BCUT2D eigenvalue weighted by Crippen LogP contribution is 2.68. The first-order chi connectivity index (χ1) is 13.4. The monoisotopic (exact) mass is 382 g/mol. The molecule has 28 heavy (non-hydrogen) atoms. The molecule has 0 heteroatoms. The zero-order valence-electron chi connectivity index (χ0n) is 19.5. The molecule has 0 nitrogen and oxygen atoms in total. The van der Waals surface area contributed by atoms with E-state index < -0.39 is 0 Å². The van der Waals surface area contributed by atoms with Crippen LogP contribution >= 0.6 is 0 Å². The minimum Gasteiger partial charge on any atom is -0.0847 e. The van der Waals surface area contributed by atoms with E-state index in [-0.39, 0.29) is 0 Å². The highest BCUT2D eigenvalue weighted by atomic mass is 14.6. The molecule has 0 spiro atoms. The van der Waals surface area contributed by atoms with E-state index in [0.29, 0.717) is 10.8 Å². The van der Waals surface area contributed by atoms with Crippen molar-refractivity contribution in [2.24, 2.45) is 46.3 Å². The summed E-state index contributed by atoms with van der Waals surface area (Å²) in [6.07, 6.45) is 23.6. The lowest BCUT2D eigenvalue weighted by molar-refractivity contribution is -0.114. The van der Waals surface area contributed by atoms with Crippen molar-refractivity contribution in [3.8, 4) is 0 Å². The third kappa shape index (κ3) is 3.35. The van der Waals surface area contributed by atoms with Crippen molar-refractivity contribution in [3.63, 3.8) is 0 Å². The van der Waals surface area contributed by atoms with Crippen LogP contribution in [0.4, 0.5) is 0 Å². The summed E-state index contributed by atoms with van der Waals surface area (Å²) in [5, 5.41) is 0. The average Bonchev–Trinajstić information content (AvgIpc) is 3.04. The number of allylic oxidation sites excluding steroid dienone is 4. The lowest BCUT2D eigenvalue weighted by Crippen LogP contribution is -2.53. The maximum atomic E-state index is 2.72. The Labute approximate surface area is 175 Å². The van der Waals surface area contributed by atoms with Crippen molar-refractivity contribution in [3.05, 3.63) is 23.8 Å². The zero-order valence-corrected chi connectivity index (χ0v) is 19.5. The second-order valence-electron chi connectivity index (χ2n) is 11.8. The second-order valence-corrected chi connectivity index (χ2v) is 11.8. The molecule has 0 bridgehead atoms. The molecule has 158 valence electrons. The first-order valence-corrected chi connectivity index (χ1v) is 12.7. The minimum atomic E-state index is 0.627. The van der Waals surface area contributed by atoms with E-state index in [1.807, 2.05) is 0 Å². The molecule has 0 aliphatic heterocycles. The Hall–Kier alpha value is -0.520. The van der Waals surface area contributed by atoms with Gasteiger partial charge in [0.05, 0.1) is 0 Å². The van der Waals surface area contributed by atoms with Gasteiger partial charge in [0, 0.05) is 0 Å². The smallest absolute Gasteiger partial charge is 0.0264 e. The number of hydrogen-bond acceptors (Lipinski definition) is 0. The Morgan fingerprint density at radius 2 is 1.71 bits per heavy atom. The van der Waals surface area contributed by atoms with Crippen LogP contribution in [0.25, 0.3) is 0 Å². The first kappa shape index (κ1) is 20.7. The Morgan fingerprint density at radius 1 is 0.929 bits per heavy atom. The summed E-state index contributed by atoms with van der Waals surface area (Å²) in [7, 11) is 0. The molecule has 4 rings (SSSR count). The molecular formula is C28H46. The van der Waals surface area contributed by atoms with Crippen molar-refractivity contribution in [2.45, 2.75) is 105 Å². The van der Waals surface area contributed by atoms with Gasteiger partial charge in [0.15, 0.2) is 0 Å². The normalized spacial score (nSPS) is 47.5. The Kier molecular flexibility index (Phi) is 5.89. The van der Waals surface area contributed by atoms with Gasteiger partial charge in [-0.15, -0.1) is 0 Å². The van der Waals surface area contributed by atoms with Crippen molar-refractivity contribution in [1.29, 1.82) is 0 Å². The van der Waals surface area contributed by atoms with Gasteiger partial charge in [-0.2, -0.15) is 0 Å². The average molecular weight is 383 g/mol. The van der Waals surface area contributed by atoms with Crippen LogP contribution in [0.15, 0.2) is 23.8 Å². The zero-order chi connectivity index (χ0) is 19.9. The van der Waals surface area contributed by atoms with E-state index in [2.05, 4.69) is 52.8 Å². The van der Waals surface area contributed by atoms with E-state index in [0.717, 1.165) is 35.5 Å². The van der Waals surface area contributed by atoms with E-state index in [1.165, 1.54) is 50.5 Å². The molecule has 0 radical (unpaired) electrons. The summed E-state index contributed by atoms with van der Waals surface area (Å²) in [5.41, 5.74) is 2.72. The SMILES string of the molecule is CC=C(C)C=CC[C@@H](C)[C@H]1CC[C@H]2[C@@H]3CCC4CCCC[C@]4(C)[C@H]3CC[C@]12C. The van der Waals surface area contributed by atoms with Gasteiger partial charge >= 0.3 is 0 Å². The van der Waals surface area contributed by atoms with E-state index >= 15 is 0 Å². The number of hydrogen-bond donors (Lipinski definition) is 0. The maximum Gasteiger partial charge on any atom is -0.0264 e. The summed E-state index contributed by atoms with van der Waals surface area (Å²) in [6.45, 7) is 12.4. The molecule has 0 amide bonds. The van der Waals surface area contributed by atoms with E-state index in [9.17, 15) is 0 Å². The predicted octanol–water partition coefficient (Wildman–Crippen LogP) is 8.58.